The van der Waals surface area contributed by atoms with Crippen molar-refractivity contribution in [1.29, 1.82) is 0 Å². The minimum absolute atomic E-state index is 0.00746. The number of benzene rings is 2. The van der Waals surface area contributed by atoms with Crippen LogP contribution in [0.2, 0.25) is 0 Å². The molecule has 2 aromatic rings. The second-order valence-corrected chi connectivity index (χ2v) is 10.7. The Morgan fingerprint density at radius 3 is 2.29 bits per heavy atom. The first kappa shape index (κ1) is 26.2. The van der Waals surface area contributed by atoms with Gasteiger partial charge in [0, 0.05) is 32.2 Å². The first-order valence-electron chi connectivity index (χ1n) is 13.9. The van der Waals surface area contributed by atoms with Gasteiger partial charge in [0.05, 0.1) is 0 Å². The third kappa shape index (κ3) is 6.18. The van der Waals surface area contributed by atoms with Crippen molar-refractivity contribution in [3.8, 4) is 0 Å². The van der Waals surface area contributed by atoms with Crippen LogP contribution in [-0.4, -0.2) is 71.5 Å². The molecular formula is C30H38N4O4. The summed E-state index contributed by atoms with van der Waals surface area (Å²) >= 11 is 0. The van der Waals surface area contributed by atoms with Gasteiger partial charge in [-0.15, -0.1) is 0 Å². The average Bonchev–Trinajstić information content (AvgIpc) is 3.79. The molecule has 0 radical (unpaired) electrons. The van der Waals surface area contributed by atoms with E-state index < -0.39 is 17.7 Å². The number of nitrogens with zero attached hydrogens (tertiary/aromatic N) is 2. The number of ether oxygens (including phenoxy) is 1. The number of piperazine rings is 1. The van der Waals surface area contributed by atoms with E-state index in [0.717, 1.165) is 44.5 Å². The molecule has 3 fully saturated rings. The Hall–Kier alpha value is -3.39. The second-order valence-electron chi connectivity index (χ2n) is 10.7. The van der Waals surface area contributed by atoms with E-state index >= 15 is 0 Å². The zero-order chi connectivity index (χ0) is 26.4. The van der Waals surface area contributed by atoms with E-state index in [1.165, 1.54) is 5.56 Å². The molecule has 0 aromatic heterocycles. The Balaban J connectivity index is 1.09. The molecule has 2 heterocycles. The number of carbonyl (C=O) groups is 3. The van der Waals surface area contributed by atoms with Gasteiger partial charge >= 0.3 is 6.09 Å². The molecule has 3 aliphatic rings. The molecule has 2 aromatic carbocycles. The predicted octanol–water partition coefficient (Wildman–Crippen LogP) is 3.26. The van der Waals surface area contributed by atoms with Crippen molar-refractivity contribution in [3.63, 3.8) is 0 Å². The van der Waals surface area contributed by atoms with Crippen molar-refractivity contribution in [2.75, 3.05) is 26.2 Å². The molecule has 1 spiro atoms. The number of alkyl carbamates (subject to hydrolysis) is 1. The van der Waals surface area contributed by atoms with Crippen LogP contribution in [0.4, 0.5) is 4.79 Å². The van der Waals surface area contributed by atoms with Gasteiger partial charge in [0.1, 0.15) is 18.2 Å². The minimum atomic E-state index is -0.725. The summed E-state index contributed by atoms with van der Waals surface area (Å²) in [7, 11) is 0. The SMILES string of the molecule is O=C(NCCC[C@@H]1NC(=O)C2(CCN(CCc3ccccc3)CC2)N(C2CC2)C1=O)OCc1ccccc1. The molecule has 8 heteroatoms. The lowest BCUT2D eigenvalue weighted by Crippen LogP contribution is -2.73. The molecule has 0 bridgehead atoms. The monoisotopic (exact) mass is 518 g/mol. The fraction of sp³-hybridized carbons (Fsp3) is 0.500. The fourth-order valence-corrected chi connectivity index (χ4v) is 5.72. The van der Waals surface area contributed by atoms with Crippen LogP contribution in [0.25, 0.3) is 0 Å². The van der Waals surface area contributed by atoms with Gasteiger partial charge in [-0.25, -0.2) is 4.79 Å². The van der Waals surface area contributed by atoms with Gasteiger partial charge in [-0.05, 0) is 56.1 Å². The van der Waals surface area contributed by atoms with Crippen molar-refractivity contribution in [2.45, 2.75) is 69.2 Å². The molecular weight excluding hydrogens is 480 g/mol. The molecule has 2 aliphatic heterocycles. The van der Waals surface area contributed by atoms with E-state index in [1.807, 2.05) is 41.3 Å². The highest BCUT2D eigenvalue weighted by molar-refractivity contribution is 6.00. The smallest absolute Gasteiger partial charge is 0.407 e. The first-order chi connectivity index (χ1) is 18.5. The highest BCUT2D eigenvalue weighted by Crippen LogP contribution is 2.41. The summed E-state index contributed by atoms with van der Waals surface area (Å²) < 4.78 is 5.24. The third-order valence-corrected chi connectivity index (χ3v) is 8.03. The molecule has 1 atom stereocenters. The van der Waals surface area contributed by atoms with Crippen LogP contribution < -0.4 is 10.6 Å². The predicted molar refractivity (Wildman–Crippen MR) is 144 cm³/mol. The van der Waals surface area contributed by atoms with E-state index in [4.69, 9.17) is 4.74 Å². The Labute approximate surface area is 224 Å². The third-order valence-electron chi connectivity index (χ3n) is 8.03. The number of piperidine rings is 1. The topological polar surface area (TPSA) is 91.0 Å². The van der Waals surface area contributed by atoms with Gasteiger partial charge < -0.3 is 25.2 Å². The van der Waals surface area contributed by atoms with Gasteiger partial charge in [-0.1, -0.05) is 60.7 Å². The summed E-state index contributed by atoms with van der Waals surface area (Å²) in [5, 5.41) is 5.80. The van der Waals surface area contributed by atoms with Crippen LogP contribution in [0, 0.1) is 0 Å². The molecule has 3 amide bonds. The Kier molecular flexibility index (Phi) is 8.27. The quantitative estimate of drug-likeness (QED) is 0.471. The van der Waals surface area contributed by atoms with Crippen LogP contribution in [0.15, 0.2) is 60.7 Å². The van der Waals surface area contributed by atoms with Crippen molar-refractivity contribution in [1.82, 2.24) is 20.4 Å². The number of rotatable bonds is 10. The summed E-state index contributed by atoms with van der Waals surface area (Å²) in [4.78, 5) is 43.5. The van der Waals surface area contributed by atoms with Crippen molar-refractivity contribution < 1.29 is 19.1 Å². The summed E-state index contributed by atoms with van der Waals surface area (Å²) in [5.41, 5.74) is 1.52. The molecule has 202 valence electrons. The molecule has 5 rings (SSSR count). The molecule has 1 aliphatic carbocycles. The van der Waals surface area contributed by atoms with Crippen LogP contribution >= 0.6 is 0 Å². The lowest BCUT2D eigenvalue weighted by molar-refractivity contribution is -0.162. The van der Waals surface area contributed by atoms with Gasteiger partial charge in [0.2, 0.25) is 11.8 Å². The van der Waals surface area contributed by atoms with Crippen LogP contribution in [-0.2, 0) is 27.4 Å². The van der Waals surface area contributed by atoms with E-state index in [-0.39, 0.29) is 24.5 Å². The van der Waals surface area contributed by atoms with E-state index in [9.17, 15) is 14.4 Å². The van der Waals surface area contributed by atoms with Crippen molar-refractivity contribution >= 4 is 17.9 Å². The standard InChI is InChI=1S/C30H38N4O4/c35-27-26(12-7-18-31-29(37)38-22-24-10-5-2-6-11-24)32-28(36)30(34(27)25-13-14-25)16-20-33(21-17-30)19-15-23-8-3-1-4-9-23/h1-6,8-11,25-26H,7,12-22H2,(H,31,37)(H,32,36)/t26-/m0/s1. The zero-order valence-electron chi connectivity index (χ0n) is 21.9. The normalized spacial score (nSPS) is 21.3. The zero-order valence-corrected chi connectivity index (χ0v) is 21.9. The number of nitrogens with one attached hydrogen (secondary N) is 2. The number of hydrogen-bond acceptors (Lipinski definition) is 5. The van der Waals surface area contributed by atoms with Gasteiger partial charge in [-0.2, -0.15) is 0 Å². The molecule has 38 heavy (non-hydrogen) atoms. The first-order valence-corrected chi connectivity index (χ1v) is 13.9. The van der Waals surface area contributed by atoms with Gasteiger partial charge in [0.25, 0.3) is 0 Å². The maximum absolute atomic E-state index is 13.6. The van der Waals surface area contributed by atoms with Crippen molar-refractivity contribution in [2.24, 2.45) is 0 Å². The molecule has 2 saturated heterocycles. The summed E-state index contributed by atoms with van der Waals surface area (Å²) in [6.07, 6.45) is 4.88. The van der Waals surface area contributed by atoms with Crippen LogP contribution in [0.1, 0.15) is 49.7 Å². The Morgan fingerprint density at radius 1 is 0.974 bits per heavy atom. The van der Waals surface area contributed by atoms with Crippen LogP contribution in [0.5, 0.6) is 0 Å². The second kappa shape index (κ2) is 12.0. The molecule has 1 saturated carbocycles. The Bertz CT molecular complexity index is 1100. The molecule has 8 nitrogen and oxygen atoms in total. The number of carbonyl (C=O) groups excluding carboxylic acids is 3. The Morgan fingerprint density at radius 2 is 1.63 bits per heavy atom. The number of hydrogen-bond donors (Lipinski definition) is 2. The molecule has 0 unspecified atom stereocenters. The number of amides is 3. The molecule has 2 N–H and O–H groups in total. The van der Waals surface area contributed by atoms with Crippen molar-refractivity contribution in [3.05, 3.63) is 71.8 Å². The minimum Gasteiger partial charge on any atom is -0.445 e. The van der Waals surface area contributed by atoms with Crippen LogP contribution in [0.3, 0.4) is 0 Å². The van der Waals surface area contributed by atoms with Gasteiger partial charge in [0.15, 0.2) is 0 Å². The highest BCUT2D eigenvalue weighted by Gasteiger charge is 2.57. The maximum Gasteiger partial charge on any atom is 0.407 e. The number of likely N-dealkylation sites (tertiary alicyclic amines) is 1. The van der Waals surface area contributed by atoms with E-state index in [0.29, 0.717) is 32.2 Å². The maximum atomic E-state index is 13.6. The lowest BCUT2D eigenvalue weighted by Gasteiger charge is -2.52. The van der Waals surface area contributed by atoms with E-state index in [1.54, 1.807) is 0 Å². The highest BCUT2D eigenvalue weighted by atomic mass is 16.5. The average molecular weight is 519 g/mol. The summed E-state index contributed by atoms with van der Waals surface area (Å²) in [6, 6.07) is 19.6. The fourth-order valence-electron chi connectivity index (χ4n) is 5.72. The van der Waals surface area contributed by atoms with E-state index in [2.05, 4.69) is 39.8 Å². The summed E-state index contributed by atoms with van der Waals surface area (Å²) in [5.74, 6) is 0.0310. The largest absolute Gasteiger partial charge is 0.445 e. The summed E-state index contributed by atoms with van der Waals surface area (Å²) in [6.45, 7) is 3.19. The lowest BCUT2D eigenvalue weighted by atomic mass is 9.81. The van der Waals surface area contributed by atoms with Gasteiger partial charge in [-0.3, -0.25) is 9.59 Å².